The van der Waals surface area contributed by atoms with Crippen molar-refractivity contribution in [1.29, 1.82) is 0 Å². The van der Waals surface area contributed by atoms with Crippen LogP contribution in [0.4, 0.5) is 15.8 Å². The van der Waals surface area contributed by atoms with Crippen LogP contribution < -0.4 is 10.2 Å². The second-order valence-corrected chi connectivity index (χ2v) is 7.74. The first-order chi connectivity index (χ1) is 14.4. The van der Waals surface area contributed by atoms with E-state index in [2.05, 4.69) is 5.32 Å². The molecule has 30 heavy (non-hydrogen) atoms. The van der Waals surface area contributed by atoms with Gasteiger partial charge in [-0.2, -0.15) is 0 Å². The van der Waals surface area contributed by atoms with E-state index in [-0.39, 0.29) is 17.5 Å². The van der Waals surface area contributed by atoms with Crippen LogP contribution in [0.15, 0.2) is 60.7 Å². The molecule has 3 aromatic rings. The molecular weight excluding hydrogens is 403 g/mol. The summed E-state index contributed by atoms with van der Waals surface area (Å²) in [6.45, 7) is 2.27. The van der Waals surface area contributed by atoms with Gasteiger partial charge in [-0.25, -0.2) is 4.39 Å². The largest absolute Gasteiger partial charge is 0.322 e. The van der Waals surface area contributed by atoms with E-state index >= 15 is 0 Å². The molecule has 0 atom stereocenters. The number of amides is 2. The maximum Gasteiger partial charge on any atom is 0.258 e. The molecule has 0 unspecified atom stereocenters. The summed E-state index contributed by atoms with van der Waals surface area (Å²) < 4.78 is 14.6. The smallest absolute Gasteiger partial charge is 0.258 e. The van der Waals surface area contributed by atoms with Crippen LogP contribution in [0.3, 0.4) is 0 Å². The quantitative estimate of drug-likeness (QED) is 0.594. The molecule has 1 N–H and O–H groups in total. The molecule has 0 saturated heterocycles. The lowest BCUT2D eigenvalue weighted by atomic mass is 9.99. The van der Waals surface area contributed by atoms with E-state index in [1.165, 1.54) is 11.0 Å². The minimum absolute atomic E-state index is 0.257. The van der Waals surface area contributed by atoms with Crippen LogP contribution in [-0.4, -0.2) is 18.4 Å². The van der Waals surface area contributed by atoms with Crippen molar-refractivity contribution < 1.29 is 14.0 Å². The topological polar surface area (TPSA) is 49.4 Å². The van der Waals surface area contributed by atoms with Crippen LogP contribution >= 0.6 is 11.6 Å². The summed E-state index contributed by atoms with van der Waals surface area (Å²) in [5.74, 6) is -1.07. The van der Waals surface area contributed by atoms with E-state index in [0.717, 1.165) is 17.5 Å². The number of carbonyl (C=O) groups is 2. The number of anilines is 2. The summed E-state index contributed by atoms with van der Waals surface area (Å²) in [6, 6.07) is 16.9. The fraction of sp³-hybridized carbons (Fsp3) is 0.167. The highest BCUT2D eigenvalue weighted by molar-refractivity contribution is 6.30. The third-order valence-corrected chi connectivity index (χ3v) is 5.44. The van der Waals surface area contributed by atoms with E-state index < -0.39 is 5.82 Å². The Bertz CT molecular complexity index is 1130. The lowest BCUT2D eigenvalue weighted by Crippen LogP contribution is -2.36. The number of fused-ring (bicyclic) bond motifs is 1. The van der Waals surface area contributed by atoms with Gasteiger partial charge in [0.1, 0.15) is 5.82 Å². The van der Waals surface area contributed by atoms with Crippen molar-refractivity contribution in [2.24, 2.45) is 0 Å². The number of hydrogen-bond acceptors (Lipinski definition) is 2. The Morgan fingerprint density at radius 3 is 2.57 bits per heavy atom. The lowest BCUT2D eigenvalue weighted by Gasteiger charge is -2.30. The van der Waals surface area contributed by atoms with E-state index in [1.807, 2.05) is 13.0 Å². The van der Waals surface area contributed by atoms with E-state index in [9.17, 15) is 14.0 Å². The molecule has 0 aliphatic carbocycles. The molecular formula is C24H20ClFN2O2. The number of benzene rings is 3. The summed E-state index contributed by atoms with van der Waals surface area (Å²) in [5, 5.41) is 3.18. The summed E-state index contributed by atoms with van der Waals surface area (Å²) >= 11 is 5.98. The molecule has 2 amide bonds. The van der Waals surface area contributed by atoms with Gasteiger partial charge in [-0.3, -0.25) is 9.59 Å². The summed E-state index contributed by atoms with van der Waals surface area (Å²) in [4.78, 5) is 27.2. The normalized spacial score (nSPS) is 13.0. The van der Waals surface area contributed by atoms with Gasteiger partial charge in [-0.1, -0.05) is 35.9 Å². The van der Waals surface area contributed by atoms with Crippen molar-refractivity contribution in [2.75, 3.05) is 16.8 Å². The van der Waals surface area contributed by atoms with Crippen LogP contribution in [0.25, 0.3) is 0 Å². The van der Waals surface area contributed by atoms with E-state index in [1.54, 1.807) is 48.5 Å². The molecule has 0 spiro atoms. The second-order valence-electron chi connectivity index (χ2n) is 7.31. The minimum Gasteiger partial charge on any atom is -0.322 e. The molecule has 0 saturated carbocycles. The predicted octanol–water partition coefficient (Wildman–Crippen LogP) is 5.63. The Morgan fingerprint density at radius 2 is 1.80 bits per heavy atom. The maximum absolute atomic E-state index is 14.6. The third-order valence-electron chi connectivity index (χ3n) is 5.22. The van der Waals surface area contributed by atoms with Crippen LogP contribution in [0.5, 0.6) is 0 Å². The fourth-order valence-corrected chi connectivity index (χ4v) is 3.91. The number of nitrogens with zero attached hydrogens (tertiary/aromatic N) is 1. The van der Waals surface area contributed by atoms with Gasteiger partial charge < -0.3 is 10.2 Å². The van der Waals surface area contributed by atoms with Crippen LogP contribution in [0, 0.1) is 12.7 Å². The summed E-state index contributed by atoms with van der Waals surface area (Å²) in [6.07, 6.45) is 1.39. The second kappa shape index (κ2) is 8.28. The van der Waals surface area contributed by atoms with E-state index in [0.29, 0.717) is 34.8 Å². The fourth-order valence-electron chi connectivity index (χ4n) is 3.68. The predicted molar refractivity (Wildman–Crippen MR) is 117 cm³/mol. The zero-order valence-corrected chi connectivity index (χ0v) is 17.2. The first-order valence-electron chi connectivity index (χ1n) is 9.71. The highest BCUT2D eigenvalue weighted by Crippen LogP contribution is 2.34. The van der Waals surface area contributed by atoms with Crippen molar-refractivity contribution in [3.63, 3.8) is 0 Å². The number of aryl methyl sites for hydroxylation is 2. The molecule has 1 aliphatic rings. The highest BCUT2D eigenvalue weighted by Gasteiger charge is 2.27. The molecule has 4 nitrogen and oxygen atoms in total. The lowest BCUT2D eigenvalue weighted by molar-refractivity contribution is 0.0981. The van der Waals surface area contributed by atoms with Gasteiger partial charge in [0.15, 0.2) is 0 Å². The van der Waals surface area contributed by atoms with Crippen molar-refractivity contribution in [1.82, 2.24) is 0 Å². The average Bonchev–Trinajstić information content (AvgIpc) is 2.74. The van der Waals surface area contributed by atoms with Gasteiger partial charge in [0.2, 0.25) is 0 Å². The van der Waals surface area contributed by atoms with Crippen molar-refractivity contribution in [3.8, 4) is 0 Å². The standard InChI is InChI=1S/C24H20ClFN2O2/c1-15-9-10-18(13-21(15)27-23(29)16-6-3-2-4-7-16)24(30)28-11-5-8-17-12-19(25)14-20(26)22(17)28/h2-4,6-7,9-10,12-14H,5,8,11H2,1H3,(H,27,29). The molecule has 1 heterocycles. The van der Waals surface area contributed by atoms with Crippen LogP contribution in [0.1, 0.15) is 38.3 Å². The molecule has 152 valence electrons. The number of nitrogens with one attached hydrogen (secondary N) is 1. The van der Waals surface area contributed by atoms with Gasteiger partial charge in [0, 0.05) is 28.4 Å². The Morgan fingerprint density at radius 1 is 1.03 bits per heavy atom. The van der Waals surface area contributed by atoms with Gasteiger partial charge in [-0.05, 0) is 67.3 Å². The number of carbonyl (C=O) groups excluding carboxylic acids is 2. The zero-order chi connectivity index (χ0) is 21.3. The highest BCUT2D eigenvalue weighted by atomic mass is 35.5. The van der Waals surface area contributed by atoms with Crippen LogP contribution in [0.2, 0.25) is 5.02 Å². The van der Waals surface area contributed by atoms with Crippen LogP contribution in [-0.2, 0) is 6.42 Å². The average molecular weight is 423 g/mol. The number of halogens is 2. The van der Waals surface area contributed by atoms with E-state index in [4.69, 9.17) is 11.6 Å². The molecule has 0 aromatic heterocycles. The number of rotatable bonds is 3. The SMILES string of the molecule is Cc1ccc(C(=O)N2CCCc3cc(Cl)cc(F)c32)cc1NC(=O)c1ccccc1. The van der Waals surface area contributed by atoms with Crippen molar-refractivity contribution >= 4 is 34.8 Å². The molecule has 0 fully saturated rings. The van der Waals surface area contributed by atoms with Gasteiger partial charge >= 0.3 is 0 Å². The molecule has 4 rings (SSSR count). The number of hydrogen-bond donors (Lipinski definition) is 1. The Hall–Kier alpha value is -3.18. The first kappa shape index (κ1) is 20.1. The Kier molecular flexibility index (Phi) is 5.55. The van der Waals surface area contributed by atoms with Gasteiger partial charge in [0.25, 0.3) is 11.8 Å². The molecule has 0 bridgehead atoms. The minimum atomic E-state index is -0.504. The molecule has 1 aliphatic heterocycles. The van der Waals surface area contributed by atoms with Crippen molar-refractivity contribution in [3.05, 3.63) is 93.8 Å². The maximum atomic E-state index is 14.6. The Balaban J connectivity index is 1.64. The van der Waals surface area contributed by atoms with Crippen molar-refractivity contribution in [2.45, 2.75) is 19.8 Å². The summed E-state index contributed by atoms with van der Waals surface area (Å²) in [5.41, 5.74) is 3.29. The van der Waals surface area contributed by atoms with Gasteiger partial charge in [-0.15, -0.1) is 0 Å². The molecule has 0 radical (unpaired) electrons. The zero-order valence-electron chi connectivity index (χ0n) is 16.4. The molecule has 3 aromatic carbocycles. The Labute approximate surface area is 179 Å². The third kappa shape index (κ3) is 3.94. The summed E-state index contributed by atoms with van der Waals surface area (Å²) in [7, 11) is 0. The molecule has 6 heteroatoms. The van der Waals surface area contributed by atoms with Gasteiger partial charge in [0.05, 0.1) is 5.69 Å². The first-order valence-corrected chi connectivity index (χ1v) is 10.1. The monoisotopic (exact) mass is 422 g/mol.